The van der Waals surface area contributed by atoms with Crippen LogP contribution in [0, 0.1) is 17.0 Å². The van der Waals surface area contributed by atoms with E-state index in [2.05, 4.69) is 5.32 Å². The highest BCUT2D eigenvalue weighted by Crippen LogP contribution is 2.28. The van der Waals surface area contributed by atoms with Crippen molar-refractivity contribution in [2.24, 2.45) is 0 Å². The summed E-state index contributed by atoms with van der Waals surface area (Å²) in [5.74, 6) is -0.250. The summed E-state index contributed by atoms with van der Waals surface area (Å²) in [6.07, 6.45) is 6.20. The maximum absolute atomic E-state index is 13.9. The lowest BCUT2D eigenvalue weighted by Crippen LogP contribution is -2.54. The minimum Gasteiger partial charge on any atom is -0.497 e. The molecule has 2 aromatic carbocycles. The van der Waals surface area contributed by atoms with Crippen molar-refractivity contribution in [2.75, 3.05) is 24.2 Å². The van der Waals surface area contributed by atoms with Gasteiger partial charge in [-0.1, -0.05) is 44.4 Å². The second-order valence-electron chi connectivity index (χ2n) is 10.1. The fourth-order valence-corrected chi connectivity index (χ4v) is 5.87. The Morgan fingerprint density at radius 2 is 1.77 bits per heavy atom. The quantitative estimate of drug-likeness (QED) is 0.299. The highest BCUT2D eigenvalue weighted by atomic mass is 32.2. The third-order valence-corrected chi connectivity index (χ3v) is 8.33. The highest BCUT2D eigenvalue weighted by molar-refractivity contribution is 7.92. The summed E-state index contributed by atoms with van der Waals surface area (Å²) in [6.45, 7) is 2.86. The van der Waals surface area contributed by atoms with Gasteiger partial charge in [0.15, 0.2) is 0 Å². The second-order valence-corrected chi connectivity index (χ2v) is 12.0. The Morgan fingerprint density at radius 3 is 2.33 bits per heavy atom. The van der Waals surface area contributed by atoms with Gasteiger partial charge >= 0.3 is 0 Å². The van der Waals surface area contributed by atoms with Crippen molar-refractivity contribution in [1.82, 2.24) is 10.2 Å². The first-order valence-corrected chi connectivity index (χ1v) is 15.2. The molecule has 1 atom stereocenters. The molecule has 0 saturated heterocycles. The molecule has 0 radical (unpaired) electrons. The summed E-state index contributed by atoms with van der Waals surface area (Å²) in [5.41, 5.74) is 0.923. The predicted molar refractivity (Wildman–Crippen MR) is 153 cm³/mol. The van der Waals surface area contributed by atoms with Gasteiger partial charge in [-0.05, 0) is 49.4 Å². The first-order valence-electron chi connectivity index (χ1n) is 13.4. The molecular weight excluding hydrogens is 536 g/mol. The van der Waals surface area contributed by atoms with E-state index in [-0.39, 0.29) is 29.9 Å². The Kier molecular flexibility index (Phi) is 10.5. The number of hydrogen-bond donors (Lipinski definition) is 1. The molecule has 218 valence electrons. The van der Waals surface area contributed by atoms with E-state index in [1.807, 2.05) is 0 Å². The molecule has 12 heteroatoms. The number of nitrogens with one attached hydrogen (secondary N) is 1. The SMILES string of the molecule is CC[C@@H](C(=O)NC1CCCCC1)N(Cc1ccc(OC)cc1)C(=O)CN(c1cc([N+](=O)[O-])ccc1C)S(C)(=O)=O. The summed E-state index contributed by atoms with van der Waals surface area (Å²) in [7, 11) is -2.48. The van der Waals surface area contributed by atoms with Crippen LogP contribution in [0.25, 0.3) is 0 Å². The van der Waals surface area contributed by atoms with E-state index in [4.69, 9.17) is 4.74 Å². The van der Waals surface area contributed by atoms with Gasteiger partial charge in [-0.25, -0.2) is 8.42 Å². The van der Waals surface area contributed by atoms with Gasteiger partial charge in [-0.3, -0.25) is 24.0 Å². The summed E-state index contributed by atoms with van der Waals surface area (Å²) in [5, 5.41) is 14.5. The summed E-state index contributed by atoms with van der Waals surface area (Å²) in [4.78, 5) is 39.5. The largest absolute Gasteiger partial charge is 0.497 e. The van der Waals surface area contributed by atoms with Gasteiger partial charge in [0.25, 0.3) is 5.69 Å². The highest BCUT2D eigenvalue weighted by Gasteiger charge is 2.33. The average molecular weight is 575 g/mol. The van der Waals surface area contributed by atoms with E-state index in [0.29, 0.717) is 17.7 Å². The number of aryl methyl sites for hydroxylation is 1. The number of nitro groups is 1. The molecule has 40 heavy (non-hydrogen) atoms. The van der Waals surface area contributed by atoms with Gasteiger partial charge in [0.1, 0.15) is 18.3 Å². The molecule has 0 bridgehead atoms. The molecule has 3 rings (SSSR count). The normalized spacial score (nSPS) is 14.7. The number of sulfonamides is 1. The molecule has 1 N–H and O–H groups in total. The van der Waals surface area contributed by atoms with Gasteiger partial charge in [0.2, 0.25) is 21.8 Å². The van der Waals surface area contributed by atoms with Crippen LogP contribution in [0.3, 0.4) is 0 Å². The third-order valence-electron chi connectivity index (χ3n) is 7.20. The number of amides is 2. The van der Waals surface area contributed by atoms with Crippen molar-refractivity contribution in [3.63, 3.8) is 0 Å². The van der Waals surface area contributed by atoms with Crippen LogP contribution in [0.2, 0.25) is 0 Å². The van der Waals surface area contributed by atoms with Crippen LogP contribution in [-0.2, 0) is 26.2 Å². The number of ether oxygens (including phenoxy) is 1. The van der Waals surface area contributed by atoms with Crippen molar-refractivity contribution < 1.29 is 27.7 Å². The van der Waals surface area contributed by atoms with Gasteiger partial charge in [0.05, 0.1) is 24.0 Å². The van der Waals surface area contributed by atoms with Crippen LogP contribution in [0.5, 0.6) is 5.75 Å². The van der Waals surface area contributed by atoms with Crippen LogP contribution in [0.15, 0.2) is 42.5 Å². The Hall–Kier alpha value is -3.67. The maximum Gasteiger partial charge on any atom is 0.271 e. The smallest absolute Gasteiger partial charge is 0.271 e. The van der Waals surface area contributed by atoms with E-state index in [9.17, 15) is 28.1 Å². The van der Waals surface area contributed by atoms with E-state index >= 15 is 0 Å². The molecule has 0 aromatic heterocycles. The standard InChI is InChI=1S/C28H38N4O7S/c1-5-25(28(34)29-22-9-7-6-8-10-22)30(18-21-12-15-24(39-3)16-13-21)27(33)19-31(40(4,37)38)26-17-23(32(35)36)14-11-20(26)2/h11-17,22,25H,5-10,18-19H2,1-4H3,(H,29,34)/t25-/m0/s1. The first-order chi connectivity index (χ1) is 18.9. The topological polar surface area (TPSA) is 139 Å². The maximum atomic E-state index is 13.9. The lowest BCUT2D eigenvalue weighted by molar-refractivity contribution is -0.384. The molecule has 0 aliphatic heterocycles. The number of methoxy groups -OCH3 is 1. The van der Waals surface area contributed by atoms with Gasteiger partial charge in [-0.15, -0.1) is 0 Å². The van der Waals surface area contributed by atoms with Gasteiger partial charge in [0, 0.05) is 24.7 Å². The van der Waals surface area contributed by atoms with Crippen molar-refractivity contribution in [3.05, 3.63) is 63.7 Å². The summed E-state index contributed by atoms with van der Waals surface area (Å²) in [6, 6.07) is 10.1. The predicted octanol–water partition coefficient (Wildman–Crippen LogP) is 3.93. The molecule has 1 aliphatic rings. The molecule has 1 saturated carbocycles. The van der Waals surface area contributed by atoms with Crippen LogP contribution in [0.1, 0.15) is 56.6 Å². The van der Waals surface area contributed by atoms with Crippen LogP contribution < -0.4 is 14.4 Å². The molecule has 1 aliphatic carbocycles. The van der Waals surface area contributed by atoms with Gasteiger partial charge in [-0.2, -0.15) is 0 Å². The minimum atomic E-state index is -4.02. The zero-order valence-electron chi connectivity index (χ0n) is 23.5. The third kappa shape index (κ3) is 7.93. The molecular formula is C28H38N4O7S. The number of carbonyl (C=O) groups excluding carboxylic acids is 2. The zero-order chi connectivity index (χ0) is 29.4. The lowest BCUT2D eigenvalue weighted by atomic mass is 9.95. The number of carbonyl (C=O) groups is 2. The lowest BCUT2D eigenvalue weighted by Gasteiger charge is -2.34. The fourth-order valence-electron chi connectivity index (χ4n) is 4.97. The number of hydrogen-bond acceptors (Lipinski definition) is 7. The van der Waals surface area contributed by atoms with Crippen molar-refractivity contribution in [1.29, 1.82) is 0 Å². The molecule has 1 fully saturated rings. The molecule has 2 aromatic rings. The average Bonchev–Trinajstić information content (AvgIpc) is 2.92. The van der Waals surface area contributed by atoms with Crippen molar-refractivity contribution in [2.45, 2.75) is 71.0 Å². The molecule has 0 heterocycles. The first kappa shape index (κ1) is 30.9. The minimum absolute atomic E-state index is 0.0354. The summed E-state index contributed by atoms with van der Waals surface area (Å²) >= 11 is 0. The fraction of sp³-hybridized carbons (Fsp3) is 0.500. The molecule has 2 amide bonds. The molecule has 11 nitrogen and oxygen atoms in total. The Balaban J connectivity index is 1.97. The van der Waals surface area contributed by atoms with E-state index in [0.717, 1.165) is 54.3 Å². The number of anilines is 1. The number of benzene rings is 2. The Morgan fingerprint density at radius 1 is 1.12 bits per heavy atom. The monoisotopic (exact) mass is 574 g/mol. The molecule has 0 spiro atoms. The van der Waals surface area contributed by atoms with E-state index in [1.54, 1.807) is 45.2 Å². The second kappa shape index (κ2) is 13.6. The molecule has 0 unspecified atom stereocenters. The van der Waals surface area contributed by atoms with Crippen LogP contribution in [0.4, 0.5) is 11.4 Å². The van der Waals surface area contributed by atoms with E-state index in [1.165, 1.54) is 17.0 Å². The Bertz CT molecular complexity index is 1310. The van der Waals surface area contributed by atoms with Crippen molar-refractivity contribution >= 4 is 33.2 Å². The van der Waals surface area contributed by atoms with Gasteiger partial charge < -0.3 is 15.0 Å². The number of rotatable bonds is 12. The van der Waals surface area contributed by atoms with Crippen LogP contribution >= 0.6 is 0 Å². The number of nitro benzene ring substituents is 1. The van der Waals surface area contributed by atoms with Crippen LogP contribution in [-0.4, -0.2) is 62.0 Å². The zero-order valence-corrected chi connectivity index (χ0v) is 24.3. The number of nitrogens with zero attached hydrogens (tertiary/aromatic N) is 3. The Labute approximate surface area is 235 Å². The number of non-ortho nitro benzene ring substituents is 1. The van der Waals surface area contributed by atoms with E-state index < -0.39 is 33.4 Å². The van der Waals surface area contributed by atoms with Crippen molar-refractivity contribution in [3.8, 4) is 5.75 Å². The summed E-state index contributed by atoms with van der Waals surface area (Å²) < 4.78 is 31.8.